The van der Waals surface area contributed by atoms with E-state index in [9.17, 15) is 5.11 Å². The van der Waals surface area contributed by atoms with Gasteiger partial charge in [0.05, 0.1) is 11.7 Å². The number of nitrogens with one attached hydrogen (secondary N) is 1. The standard InChI is InChI=1S/C14H27NO2/c1-11(2)9-15-10-13(16)12-4-7-17-14(8-12)5-3-6-14/h11-13,15-16H,3-10H2,1-2H3. The second-order valence-corrected chi connectivity index (χ2v) is 6.26. The Labute approximate surface area is 105 Å². The number of rotatable bonds is 5. The molecule has 0 bridgehead atoms. The van der Waals surface area contributed by atoms with E-state index < -0.39 is 0 Å². The molecule has 3 nitrogen and oxygen atoms in total. The van der Waals surface area contributed by atoms with E-state index >= 15 is 0 Å². The topological polar surface area (TPSA) is 41.5 Å². The van der Waals surface area contributed by atoms with Gasteiger partial charge in [0.1, 0.15) is 0 Å². The van der Waals surface area contributed by atoms with Crippen LogP contribution in [0.3, 0.4) is 0 Å². The van der Waals surface area contributed by atoms with Crippen LogP contribution in [0.5, 0.6) is 0 Å². The molecule has 1 saturated carbocycles. The molecule has 1 heterocycles. The molecule has 0 amide bonds. The van der Waals surface area contributed by atoms with E-state index in [2.05, 4.69) is 19.2 Å². The Bertz CT molecular complexity index is 238. The van der Waals surface area contributed by atoms with Crippen molar-refractivity contribution in [3.8, 4) is 0 Å². The molecule has 2 rings (SSSR count). The van der Waals surface area contributed by atoms with Gasteiger partial charge in [0.25, 0.3) is 0 Å². The largest absolute Gasteiger partial charge is 0.392 e. The maximum Gasteiger partial charge on any atom is 0.0694 e. The normalized spacial score (nSPS) is 29.3. The van der Waals surface area contributed by atoms with Crippen LogP contribution in [0, 0.1) is 11.8 Å². The SMILES string of the molecule is CC(C)CNCC(O)C1CCOC2(CCC2)C1. The first-order chi connectivity index (χ1) is 8.11. The van der Waals surface area contributed by atoms with Gasteiger partial charge >= 0.3 is 0 Å². The number of hydrogen-bond acceptors (Lipinski definition) is 3. The molecule has 1 spiro atoms. The van der Waals surface area contributed by atoms with Gasteiger partial charge in [-0.05, 0) is 50.5 Å². The van der Waals surface area contributed by atoms with E-state index in [-0.39, 0.29) is 11.7 Å². The predicted octanol–water partition coefficient (Wildman–Crippen LogP) is 1.94. The van der Waals surface area contributed by atoms with Crippen LogP contribution >= 0.6 is 0 Å². The van der Waals surface area contributed by atoms with Gasteiger partial charge in [-0.25, -0.2) is 0 Å². The van der Waals surface area contributed by atoms with Crippen LogP contribution in [-0.4, -0.2) is 36.5 Å². The van der Waals surface area contributed by atoms with Crippen molar-refractivity contribution in [2.45, 2.75) is 57.7 Å². The Balaban J connectivity index is 1.72. The second-order valence-electron chi connectivity index (χ2n) is 6.26. The van der Waals surface area contributed by atoms with Gasteiger partial charge in [-0.15, -0.1) is 0 Å². The molecule has 1 aliphatic carbocycles. The fourth-order valence-electron chi connectivity index (χ4n) is 3.00. The Kier molecular flexibility index (Phi) is 4.45. The van der Waals surface area contributed by atoms with E-state index in [1.54, 1.807) is 0 Å². The highest BCUT2D eigenvalue weighted by Gasteiger charge is 2.43. The summed E-state index contributed by atoms with van der Waals surface area (Å²) in [6.45, 7) is 6.95. The third-order valence-electron chi connectivity index (χ3n) is 4.25. The highest BCUT2D eigenvalue weighted by Crippen LogP contribution is 2.44. The molecule has 17 heavy (non-hydrogen) atoms. The van der Waals surface area contributed by atoms with Crippen LogP contribution in [0.1, 0.15) is 46.0 Å². The van der Waals surface area contributed by atoms with Crippen LogP contribution in [0.15, 0.2) is 0 Å². The fourth-order valence-corrected chi connectivity index (χ4v) is 3.00. The molecular formula is C14H27NO2. The molecule has 2 atom stereocenters. The number of hydrogen-bond donors (Lipinski definition) is 2. The van der Waals surface area contributed by atoms with Gasteiger partial charge in [0.15, 0.2) is 0 Å². The maximum atomic E-state index is 10.2. The monoisotopic (exact) mass is 241 g/mol. The summed E-state index contributed by atoms with van der Waals surface area (Å²) in [5, 5.41) is 13.6. The maximum absolute atomic E-state index is 10.2. The Morgan fingerprint density at radius 1 is 1.35 bits per heavy atom. The molecule has 100 valence electrons. The molecule has 2 N–H and O–H groups in total. The van der Waals surface area contributed by atoms with Gasteiger partial charge in [0, 0.05) is 13.2 Å². The smallest absolute Gasteiger partial charge is 0.0694 e. The first-order valence-corrected chi connectivity index (χ1v) is 7.14. The number of aliphatic hydroxyl groups excluding tert-OH is 1. The van der Waals surface area contributed by atoms with Crippen molar-refractivity contribution in [3.05, 3.63) is 0 Å². The van der Waals surface area contributed by atoms with Gasteiger partial charge in [0.2, 0.25) is 0 Å². The summed E-state index contributed by atoms with van der Waals surface area (Å²) < 4.78 is 5.89. The Morgan fingerprint density at radius 2 is 2.12 bits per heavy atom. The van der Waals surface area contributed by atoms with Gasteiger partial charge in [-0.1, -0.05) is 13.8 Å². The Morgan fingerprint density at radius 3 is 2.71 bits per heavy atom. The molecule has 2 unspecified atom stereocenters. The van der Waals surface area contributed by atoms with Crippen LogP contribution < -0.4 is 5.32 Å². The van der Waals surface area contributed by atoms with E-state index in [0.717, 1.165) is 32.5 Å². The molecule has 2 aliphatic rings. The lowest BCUT2D eigenvalue weighted by Crippen LogP contribution is -2.49. The van der Waals surface area contributed by atoms with Crippen molar-refractivity contribution >= 4 is 0 Å². The van der Waals surface area contributed by atoms with Gasteiger partial charge < -0.3 is 15.2 Å². The highest BCUT2D eigenvalue weighted by atomic mass is 16.5. The van der Waals surface area contributed by atoms with Crippen molar-refractivity contribution in [1.82, 2.24) is 5.32 Å². The lowest BCUT2D eigenvalue weighted by molar-refractivity contribution is -0.156. The first kappa shape index (κ1) is 13.3. The van der Waals surface area contributed by atoms with Crippen LogP contribution in [0.4, 0.5) is 0 Å². The van der Waals surface area contributed by atoms with E-state index in [0.29, 0.717) is 11.8 Å². The number of aliphatic hydroxyl groups is 1. The first-order valence-electron chi connectivity index (χ1n) is 7.14. The average Bonchev–Trinajstić information content (AvgIpc) is 2.26. The van der Waals surface area contributed by atoms with Gasteiger partial charge in [-0.2, -0.15) is 0 Å². The van der Waals surface area contributed by atoms with Crippen LogP contribution in [-0.2, 0) is 4.74 Å². The third kappa shape index (κ3) is 3.43. The quantitative estimate of drug-likeness (QED) is 0.773. The minimum absolute atomic E-state index is 0.155. The minimum atomic E-state index is -0.199. The van der Waals surface area contributed by atoms with Gasteiger partial charge in [-0.3, -0.25) is 0 Å². The molecule has 0 radical (unpaired) electrons. The summed E-state index contributed by atoms with van der Waals surface area (Å²) in [7, 11) is 0. The van der Waals surface area contributed by atoms with E-state index in [1.165, 1.54) is 19.3 Å². The molecule has 1 saturated heterocycles. The summed E-state index contributed by atoms with van der Waals surface area (Å²) in [5.74, 6) is 1.08. The van der Waals surface area contributed by atoms with Crippen molar-refractivity contribution in [1.29, 1.82) is 0 Å². The minimum Gasteiger partial charge on any atom is -0.392 e. The lowest BCUT2D eigenvalue weighted by Gasteiger charge is -2.48. The summed E-state index contributed by atoms with van der Waals surface area (Å²) in [6, 6.07) is 0. The molecule has 1 aliphatic heterocycles. The molecule has 2 fully saturated rings. The third-order valence-corrected chi connectivity index (χ3v) is 4.25. The Hall–Kier alpha value is -0.120. The summed E-state index contributed by atoms with van der Waals surface area (Å²) >= 11 is 0. The zero-order valence-corrected chi connectivity index (χ0v) is 11.2. The zero-order chi connectivity index (χ0) is 12.3. The lowest BCUT2D eigenvalue weighted by atomic mass is 9.71. The van der Waals surface area contributed by atoms with E-state index in [4.69, 9.17) is 4.74 Å². The molecule has 3 heteroatoms. The summed E-state index contributed by atoms with van der Waals surface area (Å²) in [6.07, 6.45) is 5.60. The highest BCUT2D eigenvalue weighted by molar-refractivity contribution is 4.95. The fraction of sp³-hybridized carbons (Fsp3) is 1.00. The summed E-state index contributed by atoms with van der Waals surface area (Å²) in [4.78, 5) is 0. The van der Waals surface area contributed by atoms with E-state index in [1.807, 2.05) is 0 Å². The van der Waals surface area contributed by atoms with Crippen molar-refractivity contribution in [2.24, 2.45) is 11.8 Å². The molecule has 0 aromatic heterocycles. The molecular weight excluding hydrogens is 214 g/mol. The average molecular weight is 241 g/mol. The van der Waals surface area contributed by atoms with Crippen LogP contribution in [0.25, 0.3) is 0 Å². The summed E-state index contributed by atoms with van der Waals surface area (Å²) in [5.41, 5.74) is 0.155. The van der Waals surface area contributed by atoms with Crippen molar-refractivity contribution in [2.75, 3.05) is 19.7 Å². The zero-order valence-electron chi connectivity index (χ0n) is 11.2. The predicted molar refractivity (Wildman–Crippen MR) is 69.0 cm³/mol. The number of ether oxygens (including phenoxy) is 1. The molecule has 0 aromatic rings. The van der Waals surface area contributed by atoms with Crippen LogP contribution in [0.2, 0.25) is 0 Å². The van der Waals surface area contributed by atoms with Crippen molar-refractivity contribution in [3.63, 3.8) is 0 Å². The van der Waals surface area contributed by atoms with Crippen molar-refractivity contribution < 1.29 is 9.84 Å². The molecule has 0 aromatic carbocycles. The second kappa shape index (κ2) is 5.68.